The minimum atomic E-state index is -3.55. The second-order valence-corrected chi connectivity index (χ2v) is 12.9. The van der Waals surface area contributed by atoms with Gasteiger partial charge in [-0.1, -0.05) is 91.2 Å². The zero-order chi connectivity index (χ0) is 29.2. The predicted molar refractivity (Wildman–Crippen MR) is 164 cm³/mol. The first-order valence-electron chi connectivity index (χ1n) is 14.1. The van der Waals surface area contributed by atoms with E-state index in [0.29, 0.717) is 23.6 Å². The number of hydrogen-bond donors (Lipinski definition) is 1. The molecule has 41 heavy (non-hydrogen) atoms. The van der Waals surface area contributed by atoms with Crippen molar-refractivity contribution in [1.82, 2.24) is 10.2 Å². The van der Waals surface area contributed by atoms with Crippen LogP contribution in [0.5, 0.6) is 0 Å². The lowest BCUT2D eigenvalue weighted by Gasteiger charge is -2.33. The van der Waals surface area contributed by atoms with Crippen molar-refractivity contribution in [2.75, 3.05) is 17.1 Å². The Bertz CT molecular complexity index is 1400. The summed E-state index contributed by atoms with van der Waals surface area (Å²) in [5.74, 6) is -0.405. The van der Waals surface area contributed by atoms with E-state index in [-0.39, 0.29) is 37.4 Å². The van der Waals surface area contributed by atoms with E-state index >= 15 is 0 Å². The summed E-state index contributed by atoms with van der Waals surface area (Å²) in [6.45, 7) is 0.314. The number of para-hydroxylation sites is 1. The van der Waals surface area contributed by atoms with Gasteiger partial charge in [-0.05, 0) is 48.6 Å². The molecule has 1 N–H and O–H groups in total. The van der Waals surface area contributed by atoms with Gasteiger partial charge >= 0.3 is 0 Å². The zero-order valence-corrected chi connectivity index (χ0v) is 25.0. The van der Waals surface area contributed by atoms with Crippen LogP contribution in [0.2, 0.25) is 5.02 Å². The summed E-state index contributed by atoms with van der Waals surface area (Å²) >= 11 is 6.51. The molecule has 1 aliphatic rings. The standard InChI is InChI=1S/C32H38ClN3O4S/c1-41(39,40)36(28-18-6-3-7-19-28)22-12-21-31(37)35(24-26-15-8-11-20-29(26)33)30(23-25-13-4-2-5-14-25)32(38)34-27-16-9-10-17-27/h2-8,11,13-15,18-20,27,30H,9-10,12,16-17,21-24H2,1H3,(H,34,38)/t30-/m1/s1. The lowest BCUT2D eigenvalue weighted by molar-refractivity contribution is -0.141. The second-order valence-electron chi connectivity index (χ2n) is 10.6. The highest BCUT2D eigenvalue weighted by molar-refractivity contribution is 7.92. The summed E-state index contributed by atoms with van der Waals surface area (Å²) in [6, 6.07) is 25.2. The number of benzene rings is 3. The predicted octanol–water partition coefficient (Wildman–Crippen LogP) is 5.59. The highest BCUT2D eigenvalue weighted by Crippen LogP contribution is 2.24. The summed E-state index contributed by atoms with van der Waals surface area (Å²) in [7, 11) is -3.55. The van der Waals surface area contributed by atoms with Crippen molar-refractivity contribution in [3.05, 3.63) is 101 Å². The van der Waals surface area contributed by atoms with Gasteiger partial charge in [0.2, 0.25) is 21.8 Å². The number of carbonyl (C=O) groups is 2. The van der Waals surface area contributed by atoms with Crippen LogP contribution in [-0.4, -0.2) is 50.0 Å². The summed E-state index contributed by atoms with van der Waals surface area (Å²) in [5.41, 5.74) is 2.24. The van der Waals surface area contributed by atoms with Gasteiger partial charge in [0.25, 0.3) is 0 Å². The maximum Gasteiger partial charge on any atom is 0.243 e. The first kappa shape index (κ1) is 30.6. The van der Waals surface area contributed by atoms with Crippen molar-refractivity contribution in [2.24, 2.45) is 0 Å². The molecule has 2 amide bonds. The van der Waals surface area contributed by atoms with Crippen LogP contribution in [0.1, 0.15) is 49.7 Å². The van der Waals surface area contributed by atoms with Crippen LogP contribution in [-0.2, 0) is 32.6 Å². The molecule has 0 aromatic heterocycles. The Morgan fingerprint density at radius 2 is 1.54 bits per heavy atom. The van der Waals surface area contributed by atoms with Crippen molar-refractivity contribution >= 4 is 39.1 Å². The molecule has 1 aliphatic carbocycles. The molecule has 0 bridgehead atoms. The Labute approximate surface area is 248 Å². The van der Waals surface area contributed by atoms with Gasteiger partial charge in [0.1, 0.15) is 6.04 Å². The van der Waals surface area contributed by atoms with Crippen LogP contribution in [0.3, 0.4) is 0 Å². The topological polar surface area (TPSA) is 86.8 Å². The Hall–Kier alpha value is -3.36. The molecule has 3 aromatic carbocycles. The van der Waals surface area contributed by atoms with Crippen molar-refractivity contribution in [3.63, 3.8) is 0 Å². The van der Waals surface area contributed by atoms with Gasteiger partial charge in [0.15, 0.2) is 0 Å². The van der Waals surface area contributed by atoms with Crippen molar-refractivity contribution in [2.45, 2.75) is 63.6 Å². The minimum Gasteiger partial charge on any atom is -0.352 e. The number of nitrogens with zero attached hydrogens (tertiary/aromatic N) is 2. The van der Waals surface area contributed by atoms with Crippen molar-refractivity contribution in [3.8, 4) is 0 Å². The third kappa shape index (κ3) is 8.81. The van der Waals surface area contributed by atoms with Crippen LogP contribution in [0, 0.1) is 0 Å². The van der Waals surface area contributed by atoms with Crippen molar-refractivity contribution in [1.29, 1.82) is 0 Å². The van der Waals surface area contributed by atoms with Gasteiger partial charge in [0, 0.05) is 37.0 Å². The van der Waals surface area contributed by atoms with E-state index in [2.05, 4.69) is 5.32 Å². The molecule has 0 spiro atoms. The molecule has 218 valence electrons. The van der Waals surface area contributed by atoms with E-state index in [1.54, 1.807) is 35.2 Å². The Morgan fingerprint density at radius 3 is 2.17 bits per heavy atom. The van der Waals surface area contributed by atoms with Crippen LogP contribution in [0.4, 0.5) is 5.69 Å². The maximum atomic E-state index is 13.9. The average Bonchev–Trinajstić information content (AvgIpc) is 3.47. The molecule has 1 fully saturated rings. The highest BCUT2D eigenvalue weighted by atomic mass is 35.5. The largest absolute Gasteiger partial charge is 0.352 e. The van der Waals surface area contributed by atoms with Gasteiger partial charge in [-0.2, -0.15) is 0 Å². The zero-order valence-electron chi connectivity index (χ0n) is 23.4. The quantitative estimate of drug-likeness (QED) is 0.279. The third-order valence-corrected chi connectivity index (χ3v) is 9.03. The normalized spacial score (nSPS) is 14.4. The first-order chi connectivity index (χ1) is 19.7. The number of hydrogen-bond acceptors (Lipinski definition) is 4. The van der Waals surface area contributed by atoms with E-state index < -0.39 is 16.1 Å². The van der Waals surface area contributed by atoms with E-state index in [9.17, 15) is 18.0 Å². The summed E-state index contributed by atoms with van der Waals surface area (Å²) < 4.78 is 26.4. The third-order valence-electron chi connectivity index (χ3n) is 7.47. The minimum absolute atomic E-state index is 0.0747. The smallest absolute Gasteiger partial charge is 0.243 e. The molecule has 9 heteroatoms. The molecule has 0 unspecified atom stereocenters. The van der Waals surface area contributed by atoms with Gasteiger partial charge < -0.3 is 10.2 Å². The Morgan fingerprint density at radius 1 is 0.927 bits per heavy atom. The molecule has 0 radical (unpaired) electrons. The molecule has 7 nitrogen and oxygen atoms in total. The molecular formula is C32H38ClN3O4S. The number of anilines is 1. The van der Waals surface area contributed by atoms with Crippen LogP contribution in [0.25, 0.3) is 0 Å². The second kappa shape index (κ2) is 14.5. The maximum absolute atomic E-state index is 13.9. The SMILES string of the molecule is CS(=O)(=O)N(CCCC(=O)N(Cc1ccccc1Cl)[C@H](Cc1ccccc1)C(=O)NC1CCCC1)c1ccccc1. The van der Waals surface area contributed by atoms with Crippen LogP contribution in [0.15, 0.2) is 84.9 Å². The summed E-state index contributed by atoms with van der Waals surface area (Å²) in [5, 5.41) is 3.72. The van der Waals surface area contributed by atoms with Crippen LogP contribution < -0.4 is 9.62 Å². The Balaban J connectivity index is 1.59. The molecular weight excluding hydrogens is 558 g/mol. The van der Waals surface area contributed by atoms with Gasteiger partial charge in [-0.15, -0.1) is 0 Å². The molecule has 0 aliphatic heterocycles. The molecule has 0 heterocycles. The van der Waals surface area contributed by atoms with Gasteiger partial charge in [-0.3, -0.25) is 13.9 Å². The number of rotatable bonds is 13. The lowest BCUT2D eigenvalue weighted by atomic mass is 10.0. The summed E-state index contributed by atoms with van der Waals surface area (Å²) in [6.07, 6.45) is 5.91. The van der Waals surface area contributed by atoms with Crippen LogP contribution >= 0.6 is 11.6 Å². The van der Waals surface area contributed by atoms with Gasteiger partial charge in [0.05, 0.1) is 11.9 Å². The van der Waals surface area contributed by atoms with E-state index in [0.717, 1.165) is 43.1 Å². The molecule has 1 atom stereocenters. The fourth-order valence-electron chi connectivity index (χ4n) is 5.33. The first-order valence-corrected chi connectivity index (χ1v) is 16.3. The number of carbonyl (C=O) groups excluding carboxylic acids is 2. The molecule has 1 saturated carbocycles. The molecule has 3 aromatic rings. The van der Waals surface area contributed by atoms with E-state index in [4.69, 9.17) is 11.6 Å². The number of nitrogens with one attached hydrogen (secondary N) is 1. The molecule has 0 saturated heterocycles. The van der Waals surface area contributed by atoms with E-state index in [1.807, 2.05) is 54.6 Å². The average molecular weight is 596 g/mol. The number of amides is 2. The van der Waals surface area contributed by atoms with E-state index in [1.165, 1.54) is 4.31 Å². The van der Waals surface area contributed by atoms with Crippen molar-refractivity contribution < 1.29 is 18.0 Å². The lowest BCUT2D eigenvalue weighted by Crippen LogP contribution is -2.52. The molecule has 4 rings (SSSR count). The number of halogens is 1. The fraction of sp³-hybridized carbons (Fsp3) is 0.375. The highest BCUT2D eigenvalue weighted by Gasteiger charge is 2.32. The Kier molecular flexibility index (Phi) is 10.8. The number of sulfonamides is 1. The fourth-order valence-corrected chi connectivity index (χ4v) is 6.49. The monoisotopic (exact) mass is 595 g/mol. The van der Waals surface area contributed by atoms with Gasteiger partial charge in [-0.25, -0.2) is 8.42 Å². The summed E-state index contributed by atoms with van der Waals surface area (Å²) in [4.78, 5) is 29.3.